The van der Waals surface area contributed by atoms with Crippen LogP contribution in [0.3, 0.4) is 0 Å². The van der Waals surface area contributed by atoms with Gasteiger partial charge in [-0.3, -0.25) is 23.6 Å². The summed E-state index contributed by atoms with van der Waals surface area (Å²) in [7, 11) is 1.53. The third kappa shape index (κ3) is 2.91. The largest absolute Gasteiger partial charge is 0.302 e. The molecule has 0 aliphatic carbocycles. The summed E-state index contributed by atoms with van der Waals surface area (Å²) in [6, 6.07) is 12.0. The maximum absolute atomic E-state index is 13.2. The molecule has 0 aliphatic rings. The lowest BCUT2D eigenvalue weighted by atomic mass is 10.0. The second-order valence-electron chi connectivity index (χ2n) is 6.39. The Kier molecular flexibility index (Phi) is 4.35. The number of benzene rings is 2. The van der Waals surface area contributed by atoms with E-state index in [0.29, 0.717) is 22.4 Å². The molecular formula is C20H15BrN4O3. The number of nitrogens with zero attached hydrogens (tertiary/aromatic N) is 3. The van der Waals surface area contributed by atoms with E-state index in [9.17, 15) is 14.4 Å². The minimum atomic E-state index is -0.447. The maximum atomic E-state index is 13.2. The first-order chi connectivity index (χ1) is 13.4. The first-order valence-corrected chi connectivity index (χ1v) is 9.24. The Morgan fingerprint density at radius 3 is 2.57 bits per heavy atom. The molecule has 0 bridgehead atoms. The zero-order valence-corrected chi connectivity index (χ0v) is 16.6. The van der Waals surface area contributed by atoms with E-state index in [1.165, 1.54) is 28.6 Å². The summed E-state index contributed by atoms with van der Waals surface area (Å²) < 4.78 is 3.56. The Bertz CT molecular complexity index is 1360. The number of carbonyl (C=O) groups is 1. The molecule has 0 aliphatic heterocycles. The van der Waals surface area contributed by atoms with Crippen molar-refractivity contribution < 1.29 is 4.79 Å². The summed E-state index contributed by atoms with van der Waals surface area (Å²) in [5.41, 5.74) is 0.743. The van der Waals surface area contributed by atoms with Gasteiger partial charge in [-0.15, -0.1) is 0 Å². The summed E-state index contributed by atoms with van der Waals surface area (Å²) in [5, 5.41) is 2.99. The molecule has 0 saturated heterocycles. The van der Waals surface area contributed by atoms with Crippen LogP contribution < -0.4 is 11.1 Å². The lowest BCUT2D eigenvalue weighted by molar-refractivity contribution is 0.103. The summed E-state index contributed by atoms with van der Waals surface area (Å²) >= 11 is 3.41. The summed E-state index contributed by atoms with van der Waals surface area (Å²) in [6.45, 7) is 1.75. The Morgan fingerprint density at radius 1 is 1.11 bits per heavy atom. The highest BCUT2D eigenvalue weighted by atomic mass is 79.9. The Hall–Kier alpha value is -3.26. The minimum Gasteiger partial charge on any atom is -0.302 e. The van der Waals surface area contributed by atoms with Crippen LogP contribution in [0.15, 0.2) is 62.7 Å². The van der Waals surface area contributed by atoms with Crippen LogP contribution in [0.2, 0.25) is 0 Å². The van der Waals surface area contributed by atoms with Gasteiger partial charge in [-0.1, -0.05) is 22.0 Å². The monoisotopic (exact) mass is 438 g/mol. The minimum absolute atomic E-state index is 0.0224. The van der Waals surface area contributed by atoms with Crippen molar-refractivity contribution in [2.24, 2.45) is 7.05 Å². The first kappa shape index (κ1) is 18.1. The van der Waals surface area contributed by atoms with Crippen molar-refractivity contribution in [1.29, 1.82) is 0 Å². The van der Waals surface area contributed by atoms with Gasteiger partial charge in [-0.2, -0.15) is 0 Å². The van der Waals surface area contributed by atoms with Gasteiger partial charge < -0.3 is 5.10 Å². The van der Waals surface area contributed by atoms with Crippen LogP contribution in [0, 0.1) is 6.92 Å². The topological polar surface area (TPSA) is 89.8 Å². The molecule has 4 rings (SSSR count). The zero-order valence-electron chi connectivity index (χ0n) is 15.1. The molecule has 0 spiro atoms. The number of nitrogens with one attached hydrogen (secondary N) is 1. The van der Waals surface area contributed by atoms with Crippen molar-refractivity contribution in [3.05, 3.63) is 90.8 Å². The number of ketones is 1. The fraction of sp³-hybridized carbons (Fsp3) is 0.100. The number of fused-ring (bicyclic) bond motifs is 1. The number of aryl methyl sites for hydroxylation is 2. The van der Waals surface area contributed by atoms with Crippen LogP contribution in [-0.2, 0) is 7.05 Å². The average Bonchev–Trinajstić information content (AvgIpc) is 3.00. The first-order valence-electron chi connectivity index (χ1n) is 8.45. The van der Waals surface area contributed by atoms with Crippen LogP contribution in [0.4, 0.5) is 0 Å². The van der Waals surface area contributed by atoms with Gasteiger partial charge in [0.1, 0.15) is 11.4 Å². The quantitative estimate of drug-likeness (QED) is 0.497. The predicted octanol–water partition coefficient (Wildman–Crippen LogP) is 2.71. The molecule has 28 heavy (non-hydrogen) atoms. The number of hydrogen-bond acceptors (Lipinski definition) is 4. The second kappa shape index (κ2) is 6.72. The smallest absolute Gasteiger partial charge is 0.277 e. The molecule has 140 valence electrons. The van der Waals surface area contributed by atoms with Gasteiger partial charge >= 0.3 is 0 Å². The summed E-state index contributed by atoms with van der Waals surface area (Å²) in [5.74, 6) is 0.0897. The van der Waals surface area contributed by atoms with Crippen molar-refractivity contribution in [2.75, 3.05) is 0 Å². The number of aromatic nitrogens is 4. The Morgan fingerprint density at radius 2 is 1.89 bits per heavy atom. The molecule has 0 saturated carbocycles. The Balaban J connectivity index is 1.92. The third-order valence-corrected chi connectivity index (χ3v) is 5.04. The fourth-order valence-electron chi connectivity index (χ4n) is 3.14. The highest BCUT2D eigenvalue weighted by Gasteiger charge is 2.18. The van der Waals surface area contributed by atoms with Gasteiger partial charge in [-0.05, 0) is 43.3 Å². The SMILES string of the molecule is Cc1nc2ccc(C(=O)c3c[nH]n(C)c3=O)cc2c(=O)n1-c1cccc(Br)c1. The van der Waals surface area contributed by atoms with Gasteiger partial charge in [0.15, 0.2) is 5.78 Å². The molecule has 0 unspecified atom stereocenters. The van der Waals surface area contributed by atoms with E-state index in [1.807, 2.05) is 24.3 Å². The molecule has 2 heterocycles. The molecule has 4 aromatic rings. The van der Waals surface area contributed by atoms with Crippen molar-refractivity contribution in [3.8, 4) is 5.69 Å². The molecule has 1 N–H and O–H groups in total. The van der Waals surface area contributed by atoms with Crippen LogP contribution >= 0.6 is 15.9 Å². The number of aromatic amines is 1. The molecule has 8 heteroatoms. The lowest BCUT2D eigenvalue weighted by Crippen LogP contribution is -2.23. The van der Waals surface area contributed by atoms with Gasteiger partial charge in [0.25, 0.3) is 11.1 Å². The molecule has 2 aromatic carbocycles. The van der Waals surface area contributed by atoms with E-state index in [4.69, 9.17) is 0 Å². The van der Waals surface area contributed by atoms with Gasteiger partial charge in [0, 0.05) is 23.3 Å². The van der Waals surface area contributed by atoms with E-state index in [-0.39, 0.29) is 16.7 Å². The van der Waals surface area contributed by atoms with E-state index < -0.39 is 11.3 Å². The number of hydrogen-bond donors (Lipinski definition) is 1. The van der Waals surface area contributed by atoms with Crippen LogP contribution in [0.1, 0.15) is 21.7 Å². The standard InChI is InChI=1S/C20H15BrN4O3/c1-11-23-17-7-6-12(18(26)16-10-22-24(2)19(16)27)8-15(17)20(28)25(11)14-5-3-4-13(21)9-14/h3-10,22H,1-2H3. The highest BCUT2D eigenvalue weighted by molar-refractivity contribution is 9.10. The van der Waals surface area contributed by atoms with E-state index in [1.54, 1.807) is 19.1 Å². The van der Waals surface area contributed by atoms with Crippen molar-refractivity contribution in [2.45, 2.75) is 6.92 Å². The van der Waals surface area contributed by atoms with Gasteiger partial charge in [0.2, 0.25) is 0 Å². The maximum Gasteiger partial charge on any atom is 0.277 e. The number of halogens is 1. The lowest BCUT2D eigenvalue weighted by Gasteiger charge is -2.11. The number of H-pyrrole nitrogens is 1. The molecule has 0 atom stereocenters. The molecular weight excluding hydrogens is 424 g/mol. The number of rotatable bonds is 3. The number of carbonyl (C=O) groups excluding carboxylic acids is 1. The molecule has 0 fully saturated rings. The predicted molar refractivity (Wildman–Crippen MR) is 109 cm³/mol. The van der Waals surface area contributed by atoms with Crippen molar-refractivity contribution in [3.63, 3.8) is 0 Å². The second-order valence-corrected chi connectivity index (χ2v) is 7.31. The van der Waals surface area contributed by atoms with Gasteiger partial charge in [0.05, 0.1) is 16.6 Å². The van der Waals surface area contributed by atoms with Crippen molar-refractivity contribution >= 4 is 32.6 Å². The average molecular weight is 439 g/mol. The van der Waals surface area contributed by atoms with Crippen molar-refractivity contribution in [1.82, 2.24) is 19.3 Å². The molecule has 2 aromatic heterocycles. The van der Waals surface area contributed by atoms with Crippen LogP contribution in [-0.4, -0.2) is 25.1 Å². The molecule has 0 radical (unpaired) electrons. The summed E-state index contributed by atoms with van der Waals surface area (Å²) in [6.07, 6.45) is 1.36. The van der Waals surface area contributed by atoms with E-state index in [0.717, 1.165) is 4.47 Å². The van der Waals surface area contributed by atoms with E-state index in [2.05, 4.69) is 26.0 Å². The van der Waals surface area contributed by atoms with Crippen LogP contribution in [0.25, 0.3) is 16.6 Å². The highest BCUT2D eigenvalue weighted by Crippen LogP contribution is 2.18. The van der Waals surface area contributed by atoms with E-state index >= 15 is 0 Å². The van der Waals surface area contributed by atoms with Gasteiger partial charge in [-0.25, -0.2) is 4.98 Å². The summed E-state index contributed by atoms with van der Waals surface area (Å²) in [4.78, 5) is 42.5. The molecule has 7 nitrogen and oxygen atoms in total. The molecule has 0 amide bonds. The fourth-order valence-corrected chi connectivity index (χ4v) is 3.52. The third-order valence-electron chi connectivity index (χ3n) is 4.55. The normalized spacial score (nSPS) is 11.1. The Labute approximate surface area is 167 Å². The zero-order chi connectivity index (χ0) is 20.0. The van der Waals surface area contributed by atoms with Crippen LogP contribution in [0.5, 0.6) is 0 Å².